The van der Waals surface area contributed by atoms with Gasteiger partial charge in [-0.15, -0.1) is 11.8 Å². The molecule has 2 nitrogen and oxygen atoms in total. The van der Waals surface area contributed by atoms with Gasteiger partial charge in [0.1, 0.15) is 0 Å². The van der Waals surface area contributed by atoms with Crippen LogP contribution >= 0.6 is 27.7 Å². The van der Waals surface area contributed by atoms with E-state index in [1.165, 1.54) is 10.5 Å². The van der Waals surface area contributed by atoms with Crippen molar-refractivity contribution < 1.29 is 5.11 Å². The van der Waals surface area contributed by atoms with Crippen LogP contribution in [0.25, 0.3) is 0 Å². The van der Waals surface area contributed by atoms with Gasteiger partial charge in [0, 0.05) is 28.3 Å². The van der Waals surface area contributed by atoms with E-state index in [-0.39, 0.29) is 6.61 Å². The number of hydrogen-bond donors (Lipinski definition) is 2. The summed E-state index contributed by atoms with van der Waals surface area (Å²) in [6.45, 7) is 6.30. The first-order valence-electron chi connectivity index (χ1n) is 5.90. The summed E-state index contributed by atoms with van der Waals surface area (Å²) in [5.41, 5.74) is 1.32. The van der Waals surface area contributed by atoms with E-state index in [1.807, 2.05) is 11.8 Å². The Labute approximate surface area is 116 Å². The molecule has 0 saturated heterocycles. The summed E-state index contributed by atoms with van der Waals surface area (Å²) >= 11 is 5.32. The molecule has 17 heavy (non-hydrogen) atoms. The van der Waals surface area contributed by atoms with E-state index in [0.29, 0.717) is 5.92 Å². The molecule has 4 heteroatoms. The fraction of sp³-hybridized carbons (Fsp3) is 0.538. The van der Waals surface area contributed by atoms with E-state index in [4.69, 9.17) is 5.11 Å². The second kappa shape index (κ2) is 8.14. The van der Waals surface area contributed by atoms with Crippen LogP contribution < -0.4 is 5.32 Å². The van der Waals surface area contributed by atoms with Crippen LogP contribution in [0.2, 0.25) is 0 Å². The van der Waals surface area contributed by atoms with Gasteiger partial charge in [0.25, 0.3) is 0 Å². The van der Waals surface area contributed by atoms with Crippen molar-refractivity contribution in [2.75, 3.05) is 18.9 Å². The molecule has 0 aliphatic heterocycles. The summed E-state index contributed by atoms with van der Waals surface area (Å²) in [7, 11) is 0. The molecular formula is C13H20BrNOS. The molecule has 0 radical (unpaired) electrons. The summed E-state index contributed by atoms with van der Waals surface area (Å²) in [5, 5.41) is 12.4. The second-order valence-electron chi connectivity index (χ2n) is 4.13. The lowest BCUT2D eigenvalue weighted by Crippen LogP contribution is -2.12. The zero-order chi connectivity index (χ0) is 12.7. The molecule has 0 aromatic heterocycles. The predicted octanol–water partition coefficient (Wildman–Crippen LogP) is 3.28. The van der Waals surface area contributed by atoms with Gasteiger partial charge in [0.05, 0.1) is 0 Å². The van der Waals surface area contributed by atoms with Crippen LogP contribution in [-0.2, 0) is 6.54 Å². The third-order valence-electron chi connectivity index (χ3n) is 2.42. The number of hydrogen-bond acceptors (Lipinski definition) is 3. The van der Waals surface area contributed by atoms with Crippen LogP contribution in [0.1, 0.15) is 19.4 Å². The first-order valence-corrected chi connectivity index (χ1v) is 7.68. The largest absolute Gasteiger partial charge is 0.396 e. The van der Waals surface area contributed by atoms with Crippen molar-refractivity contribution in [3.05, 3.63) is 28.2 Å². The standard InChI is InChI=1S/C13H20BrNOS/c1-3-15-7-11-6-12(14)4-5-13(11)17-9-10(2)8-16/h4-6,10,15-16H,3,7-9H2,1-2H3. The highest BCUT2D eigenvalue weighted by molar-refractivity contribution is 9.10. The zero-order valence-corrected chi connectivity index (χ0v) is 12.8. The van der Waals surface area contributed by atoms with Gasteiger partial charge in [0.15, 0.2) is 0 Å². The molecule has 0 fully saturated rings. The highest BCUT2D eigenvalue weighted by Gasteiger charge is 2.06. The van der Waals surface area contributed by atoms with E-state index in [2.05, 4.69) is 53.3 Å². The van der Waals surface area contributed by atoms with Crippen LogP contribution in [0.5, 0.6) is 0 Å². The molecule has 0 saturated carbocycles. The van der Waals surface area contributed by atoms with Crippen LogP contribution in [0.15, 0.2) is 27.6 Å². The lowest BCUT2D eigenvalue weighted by Gasteiger charge is -2.12. The minimum Gasteiger partial charge on any atom is -0.396 e. The van der Waals surface area contributed by atoms with Gasteiger partial charge in [-0.1, -0.05) is 29.8 Å². The molecule has 1 rings (SSSR count). The van der Waals surface area contributed by atoms with Crippen molar-refractivity contribution in [1.82, 2.24) is 5.32 Å². The maximum Gasteiger partial charge on any atom is 0.0464 e. The van der Waals surface area contributed by atoms with Gasteiger partial charge in [-0.25, -0.2) is 0 Å². The quantitative estimate of drug-likeness (QED) is 0.757. The molecule has 1 atom stereocenters. The van der Waals surface area contributed by atoms with Gasteiger partial charge in [-0.3, -0.25) is 0 Å². The molecule has 1 aromatic rings. The number of nitrogens with one attached hydrogen (secondary N) is 1. The van der Waals surface area contributed by atoms with Crippen LogP contribution in [-0.4, -0.2) is 24.0 Å². The minimum absolute atomic E-state index is 0.256. The molecule has 0 amide bonds. The van der Waals surface area contributed by atoms with E-state index in [0.717, 1.165) is 23.3 Å². The van der Waals surface area contributed by atoms with Gasteiger partial charge in [-0.2, -0.15) is 0 Å². The normalized spacial score (nSPS) is 12.7. The van der Waals surface area contributed by atoms with Crippen molar-refractivity contribution in [3.8, 4) is 0 Å². The Morgan fingerprint density at radius 3 is 2.88 bits per heavy atom. The van der Waals surface area contributed by atoms with Crippen molar-refractivity contribution in [3.63, 3.8) is 0 Å². The number of thioether (sulfide) groups is 1. The number of aliphatic hydroxyl groups excluding tert-OH is 1. The smallest absolute Gasteiger partial charge is 0.0464 e. The summed E-state index contributed by atoms with van der Waals surface area (Å²) in [6, 6.07) is 6.38. The lowest BCUT2D eigenvalue weighted by molar-refractivity contribution is 0.250. The Kier molecular flexibility index (Phi) is 7.19. The van der Waals surface area contributed by atoms with Crippen molar-refractivity contribution in [2.45, 2.75) is 25.3 Å². The van der Waals surface area contributed by atoms with Crippen LogP contribution in [0.4, 0.5) is 0 Å². The molecule has 1 unspecified atom stereocenters. The number of halogens is 1. The Hall–Kier alpha value is -0.0300. The predicted molar refractivity (Wildman–Crippen MR) is 78.5 cm³/mol. The topological polar surface area (TPSA) is 32.3 Å². The van der Waals surface area contributed by atoms with E-state index < -0.39 is 0 Å². The van der Waals surface area contributed by atoms with Crippen LogP contribution in [0.3, 0.4) is 0 Å². The number of aliphatic hydroxyl groups is 1. The highest BCUT2D eigenvalue weighted by atomic mass is 79.9. The Morgan fingerprint density at radius 1 is 1.47 bits per heavy atom. The number of benzene rings is 1. The van der Waals surface area contributed by atoms with Crippen molar-refractivity contribution >= 4 is 27.7 Å². The fourth-order valence-corrected chi connectivity index (χ4v) is 2.83. The van der Waals surface area contributed by atoms with E-state index in [1.54, 1.807) is 0 Å². The molecule has 1 aromatic carbocycles. The summed E-state index contributed by atoms with van der Waals surface area (Å²) in [6.07, 6.45) is 0. The van der Waals surface area contributed by atoms with Crippen molar-refractivity contribution in [1.29, 1.82) is 0 Å². The second-order valence-corrected chi connectivity index (χ2v) is 6.11. The molecule has 0 aliphatic carbocycles. The van der Waals surface area contributed by atoms with E-state index in [9.17, 15) is 0 Å². The monoisotopic (exact) mass is 317 g/mol. The van der Waals surface area contributed by atoms with E-state index >= 15 is 0 Å². The van der Waals surface area contributed by atoms with Crippen LogP contribution in [0, 0.1) is 5.92 Å². The Balaban J connectivity index is 2.68. The zero-order valence-electron chi connectivity index (χ0n) is 10.4. The third-order valence-corrected chi connectivity index (χ3v) is 4.36. The first-order chi connectivity index (χ1) is 8.17. The average molecular weight is 318 g/mol. The molecule has 0 aliphatic rings. The van der Waals surface area contributed by atoms with Crippen molar-refractivity contribution in [2.24, 2.45) is 5.92 Å². The van der Waals surface area contributed by atoms with Gasteiger partial charge < -0.3 is 10.4 Å². The van der Waals surface area contributed by atoms with Gasteiger partial charge >= 0.3 is 0 Å². The maximum absolute atomic E-state index is 9.03. The molecule has 96 valence electrons. The number of rotatable bonds is 7. The molecule has 0 spiro atoms. The maximum atomic E-state index is 9.03. The average Bonchev–Trinajstić information content (AvgIpc) is 2.34. The molecule has 2 N–H and O–H groups in total. The molecular weight excluding hydrogens is 298 g/mol. The van der Waals surface area contributed by atoms with Gasteiger partial charge in [-0.05, 0) is 36.2 Å². The summed E-state index contributed by atoms with van der Waals surface area (Å²) in [5.74, 6) is 1.30. The molecule has 0 bridgehead atoms. The lowest BCUT2D eigenvalue weighted by atomic mass is 10.2. The third kappa shape index (κ3) is 5.42. The van der Waals surface area contributed by atoms with Gasteiger partial charge in [0.2, 0.25) is 0 Å². The molecule has 0 heterocycles. The first kappa shape index (κ1) is 15.0. The Bertz CT molecular complexity index is 346. The Morgan fingerprint density at radius 2 is 2.24 bits per heavy atom. The summed E-state index contributed by atoms with van der Waals surface area (Å²) < 4.78 is 1.12. The minimum atomic E-state index is 0.256. The highest BCUT2D eigenvalue weighted by Crippen LogP contribution is 2.27. The summed E-state index contributed by atoms with van der Waals surface area (Å²) in [4.78, 5) is 1.30. The SMILES string of the molecule is CCNCc1cc(Br)ccc1SCC(C)CO. The fourth-order valence-electron chi connectivity index (χ4n) is 1.37.